The van der Waals surface area contributed by atoms with Gasteiger partial charge in [-0.1, -0.05) is 27.7 Å². The van der Waals surface area contributed by atoms with Crippen molar-refractivity contribution >= 4 is 11.8 Å². The van der Waals surface area contributed by atoms with Gasteiger partial charge in [-0.05, 0) is 18.3 Å². The second-order valence-electron chi connectivity index (χ2n) is 5.63. The zero-order valence-corrected chi connectivity index (χ0v) is 10.9. The van der Waals surface area contributed by atoms with Crippen LogP contribution < -0.4 is 0 Å². The van der Waals surface area contributed by atoms with Crippen molar-refractivity contribution in [3.05, 3.63) is 0 Å². The topological polar surface area (TPSA) is 43.4 Å². The number of carbonyl (C=O) groups excluding carboxylic acids is 2. The first-order valence-corrected chi connectivity index (χ1v) is 5.93. The molecular weight excluding hydrogens is 204 g/mol. The highest BCUT2D eigenvalue weighted by Crippen LogP contribution is 2.54. The Morgan fingerprint density at radius 1 is 1.25 bits per heavy atom. The number of carbonyl (C=O) groups is 2. The third kappa shape index (κ3) is 2.13. The molecular formula is C13H22O3. The van der Waals surface area contributed by atoms with Crippen LogP contribution in [0.2, 0.25) is 0 Å². The lowest BCUT2D eigenvalue weighted by Crippen LogP contribution is -2.37. The molecule has 3 nitrogen and oxygen atoms in total. The zero-order chi connectivity index (χ0) is 12.6. The van der Waals surface area contributed by atoms with Gasteiger partial charge in [0.15, 0.2) is 0 Å². The highest BCUT2D eigenvalue weighted by atomic mass is 16.5. The van der Waals surface area contributed by atoms with Crippen LogP contribution in [0.1, 0.15) is 53.9 Å². The molecule has 0 unspecified atom stereocenters. The number of rotatable bonds is 3. The van der Waals surface area contributed by atoms with Crippen molar-refractivity contribution in [3.8, 4) is 0 Å². The fraction of sp³-hybridized carbons (Fsp3) is 0.846. The number of hydrogen-bond donors (Lipinski definition) is 0. The van der Waals surface area contributed by atoms with Crippen molar-refractivity contribution in [2.24, 2.45) is 10.8 Å². The van der Waals surface area contributed by atoms with E-state index in [0.717, 1.165) is 6.42 Å². The van der Waals surface area contributed by atoms with Crippen LogP contribution in [0, 0.1) is 10.8 Å². The number of Topliss-reactive ketones (excluding diaryl/α,β-unsaturated/α-hetero) is 1. The van der Waals surface area contributed by atoms with Gasteiger partial charge in [0.05, 0.1) is 0 Å². The van der Waals surface area contributed by atoms with Gasteiger partial charge in [-0.3, -0.25) is 9.59 Å². The summed E-state index contributed by atoms with van der Waals surface area (Å²) in [6.07, 6.45) is 1.88. The Hall–Kier alpha value is -0.860. The van der Waals surface area contributed by atoms with Crippen LogP contribution in [0.15, 0.2) is 0 Å². The highest BCUT2D eigenvalue weighted by Gasteiger charge is 2.54. The summed E-state index contributed by atoms with van der Waals surface area (Å²) in [5, 5.41) is 0. The maximum Gasteiger partial charge on any atom is 0.302 e. The van der Waals surface area contributed by atoms with E-state index in [0.29, 0.717) is 12.8 Å². The average molecular weight is 226 g/mol. The minimum absolute atomic E-state index is 0.0970. The van der Waals surface area contributed by atoms with Crippen LogP contribution >= 0.6 is 0 Å². The largest absolute Gasteiger partial charge is 0.463 e. The minimum Gasteiger partial charge on any atom is -0.463 e. The molecule has 0 radical (unpaired) electrons. The van der Waals surface area contributed by atoms with Gasteiger partial charge in [-0.2, -0.15) is 0 Å². The summed E-state index contributed by atoms with van der Waals surface area (Å²) < 4.78 is 5.25. The molecule has 2 atom stereocenters. The summed E-state index contributed by atoms with van der Waals surface area (Å²) in [5.41, 5.74) is -0.456. The maximum absolute atomic E-state index is 12.0. The van der Waals surface area contributed by atoms with Crippen LogP contribution in [0.25, 0.3) is 0 Å². The van der Waals surface area contributed by atoms with Gasteiger partial charge in [0, 0.05) is 18.8 Å². The third-order valence-electron chi connectivity index (χ3n) is 4.14. The van der Waals surface area contributed by atoms with E-state index in [4.69, 9.17) is 4.74 Å². The van der Waals surface area contributed by atoms with Crippen molar-refractivity contribution in [1.29, 1.82) is 0 Å². The molecule has 92 valence electrons. The van der Waals surface area contributed by atoms with Crippen molar-refractivity contribution in [1.82, 2.24) is 0 Å². The summed E-state index contributed by atoms with van der Waals surface area (Å²) in [7, 11) is 0. The summed E-state index contributed by atoms with van der Waals surface area (Å²) >= 11 is 0. The summed E-state index contributed by atoms with van der Waals surface area (Å²) in [4.78, 5) is 23.0. The Morgan fingerprint density at radius 2 is 1.81 bits per heavy atom. The highest BCUT2D eigenvalue weighted by molar-refractivity contribution is 5.85. The Kier molecular flexibility index (Phi) is 3.46. The second kappa shape index (κ2) is 4.19. The van der Waals surface area contributed by atoms with Crippen molar-refractivity contribution < 1.29 is 14.3 Å². The normalized spacial score (nSPS) is 32.4. The lowest BCUT2D eigenvalue weighted by atomic mass is 9.66. The molecule has 16 heavy (non-hydrogen) atoms. The molecule has 1 rings (SSSR count). The van der Waals surface area contributed by atoms with Crippen LogP contribution in [-0.4, -0.2) is 17.9 Å². The predicted octanol–water partition coefficient (Wildman–Crippen LogP) is 2.72. The van der Waals surface area contributed by atoms with Crippen LogP contribution in [0.5, 0.6) is 0 Å². The molecule has 0 aromatic carbocycles. The fourth-order valence-corrected chi connectivity index (χ4v) is 2.80. The van der Waals surface area contributed by atoms with E-state index < -0.39 is 0 Å². The van der Waals surface area contributed by atoms with Crippen LogP contribution in [0.3, 0.4) is 0 Å². The maximum atomic E-state index is 12.0. The van der Waals surface area contributed by atoms with E-state index in [-0.39, 0.29) is 28.7 Å². The smallest absolute Gasteiger partial charge is 0.302 e. The molecule has 0 amide bonds. The molecule has 0 aliphatic heterocycles. The fourth-order valence-electron chi connectivity index (χ4n) is 2.80. The number of ketones is 1. The molecule has 0 aromatic rings. The molecule has 1 fully saturated rings. The van der Waals surface area contributed by atoms with Gasteiger partial charge in [0.25, 0.3) is 0 Å². The Balaban J connectivity index is 2.88. The zero-order valence-electron chi connectivity index (χ0n) is 10.9. The standard InChI is InChI=1S/C13H22O3/c1-6-11(15)13(5)8-10(16-9(2)14)7-12(13,3)4/h10H,6-8H2,1-5H3/t10-,13-/m0/s1. The third-order valence-corrected chi connectivity index (χ3v) is 4.14. The molecule has 0 N–H and O–H groups in total. The van der Waals surface area contributed by atoms with E-state index in [9.17, 15) is 9.59 Å². The van der Waals surface area contributed by atoms with Crippen LogP contribution in [-0.2, 0) is 14.3 Å². The first-order valence-electron chi connectivity index (χ1n) is 5.93. The van der Waals surface area contributed by atoms with Crippen molar-refractivity contribution in [2.75, 3.05) is 0 Å². The first-order chi connectivity index (χ1) is 7.23. The average Bonchev–Trinajstić information content (AvgIpc) is 2.35. The van der Waals surface area contributed by atoms with Gasteiger partial charge in [-0.15, -0.1) is 0 Å². The van der Waals surface area contributed by atoms with Crippen molar-refractivity contribution in [3.63, 3.8) is 0 Å². The molecule has 0 saturated heterocycles. The second-order valence-corrected chi connectivity index (χ2v) is 5.63. The van der Waals surface area contributed by atoms with Gasteiger partial charge in [0.2, 0.25) is 0 Å². The minimum atomic E-state index is -0.359. The van der Waals surface area contributed by atoms with Gasteiger partial charge in [-0.25, -0.2) is 0 Å². The van der Waals surface area contributed by atoms with Gasteiger partial charge < -0.3 is 4.74 Å². The van der Waals surface area contributed by atoms with E-state index >= 15 is 0 Å². The van der Waals surface area contributed by atoms with E-state index in [2.05, 4.69) is 13.8 Å². The summed E-state index contributed by atoms with van der Waals surface area (Å²) in [5.74, 6) is 0.0150. The van der Waals surface area contributed by atoms with Crippen LogP contribution in [0.4, 0.5) is 0 Å². The summed E-state index contributed by atoms with van der Waals surface area (Å²) in [6.45, 7) is 9.49. The Labute approximate surface area is 97.5 Å². The van der Waals surface area contributed by atoms with Crippen molar-refractivity contribution in [2.45, 2.75) is 60.0 Å². The predicted molar refractivity (Wildman–Crippen MR) is 62.0 cm³/mol. The quantitative estimate of drug-likeness (QED) is 0.695. The molecule has 0 spiro atoms. The SMILES string of the molecule is CCC(=O)[C@]1(C)C[C@@H](OC(C)=O)CC1(C)C. The van der Waals surface area contributed by atoms with Gasteiger partial charge in [0.1, 0.15) is 11.9 Å². The van der Waals surface area contributed by atoms with E-state index in [1.54, 1.807) is 0 Å². The first kappa shape index (κ1) is 13.2. The number of esters is 1. The van der Waals surface area contributed by atoms with E-state index in [1.165, 1.54) is 6.92 Å². The molecule has 1 aliphatic carbocycles. The van der Waals surface area contributed by atoms with Gasteiger partial charge >= 0.3 is 5.97 Å². The molecule has 0 heterocycles. The molecule has 0 bridgehead atoms. The molecule has 0 aromatic heterocycles. The molecule has 1 aliphatic rings. The molecule has 1 saturated carbocycles. The number of ether oxygens (including phenoxy) is 1. The lowest BCUT2D eigenvalue weighted by molar-refractivity contribution is -0.147. The summed E-state index contributed by atoms with van der Waals surface area (Å²) in [6, 6.07) is 0. The van der Waals surface area contributed by atoms with E-state index in [1.807, 2.05) is 13.8 Å². The Morgan fingerprint density at radius 3 is 2.25 bits per heavy atom. The Bertz CT molecular complexity index is 306. The number of hydrogen-bond acceptors (Lipinski definition) is 3. The monoisotopic (exact) mass is 226 g/mol. The lowest BCUT2D eigenvalue weighted by Gasteiger charge is -2.36. The molecule has 3 heteroatoms.